The van der Waals surface area contributed by atoms with Gasteiger partial charge < -0.3 is 16.0 Å². The van der Waals surface area contributed by atoms with E-state index in [1.807, 2.05) is 24.3 Å². The molecule has 4 N–H and O–H groups in total. The van der Waals surface area contributed by atoms with Gasteiger partial charge in [-0.1, -0.05) is 24.3 Å². The molecule has 4 nitrogen and oxygen atoms in total. The Hall–Kier alpha value is -2.66. The summed E-state index contributed by atoms with van der Waals surface area (Å²) < 4.78 is 13.1. The van der Waals surface area contributed by atoms with E-state index in [2.05, 4.69) is 10.3 Å². The highest BCUT2D eigenvalue weighted by Crippen LogP contribution is 2.25. The lowest BCUT2D eigenvalue weighted by molar-refractivity contribution is 0.0939. The molecule has 5 heteroatoms. The standard InChI is InChI=1S/C22H24FN3O/c23-18-7-5-15(6-8-18)16-3-4-17-12-21(26-20(17)11-16)22(27)25-13-14-1-9-19(24)10-2-14/h3-8,11-12,14,19,26H,1-2,9-10,13,24H2,(H,25,27). The minimum absolute atomic E-state index is 0.0793. The second-order valence-corrected chi connectivity index (χ2v) is 7.48. The molecule has 0 atom stereocenters. The molecule has 2 aromatic carbocycles. The zero-order valence-corrected chi connectivity index (χ0v) is 15.2. The average molecular weight is 365 g/mol. The summed E-state index contributed by atoms with van der Waals surface area (Å²) in [4.78, 5) is 15.7. The number of halogens is 1. The van der Waals surface area contributed by atoms with Crippen LogP contribution >= 0.6 is 0 Å². The molecule has 1 aromatic heterocycles. The Labute approximate surface area is 158 Å². The van der Waals surface area contributed by atoms with Crippen molar-refractivity contribution in [3.63, 3.8) is 0 Å². The van der Waals surface area contributed by atoms with Gasteiger partial charge in [-0.05, 0) is 67.0 Å². The van der Waals surface area contributed by atoms with Gasteiger partial charge in [0.2, 0.25) is 0 Å². The number of fused-ring (bicyclic) bond motifs is 1. The molecule has 140 valence electrons. The van der Waals surface area contributed by atoms with Crippen LogP contribution in [0.4, 0.5) is 4.39 Å². The fraction of sp³-hybridized carbons (Fsp3) is 0.318. The molecule has 1 saturated carbocycles. The fourth-order valence-electron chi connectivity index (χ4n) is 3.80. The molecule has 1 aliphatic carbocycles. The van der Waals surface area contributed by atoms with E-state index in [1.54, 1.807) is 12.1 Å². The third-order valence-corrected chi connectivity index (χ3v) is 5.49. The first kappa shape index (κ1) is 17.7. The molecule has 4 rings (SSSR count). The summed E-state index contributed by atoms with van der Waals surface area (Å²) >= 11 is 0. The molecular weight excluding hydrogens is 341 g/mol. The smallest absolute Gasteiger partial charge is 0.267 e. The zero-order chi connectivity index (χ0) is 18.8. The summed E-state index contributed by atoms with van der Waals surface area (Å²) in [5.74, 6) is 0.186. The summed E-state index contributed by atoms with van der Waals surface area (Å²) in [5.41, 5.74) is 9.32. The molecular formula is C22H24FN3O. The van der Waals surface area contributed by atoms with Gasteiger partial charge in [0, 0.05) is 23.5 Å². The summed E-state index contributed by atoms with van der Waals surface area (Å²) in [7, 11) is 0. The monoisotopic (exact) mass is 365 g/mol. The predicted molar refractivity (Wildman–Crippen MR) is 106 cm³/mol. The average Bonchev–Trinajstić information content (AvgIpc) is 3.11. The lowest BCUT2D eigenvalue weighted by atomic mass is 9.86. The number of amides is 1. The van der Waals surface area contributed by atoms with E-state index >= 15 is 0 Å². The van der Waals surface area contributed by atoms with E-state index in [-0.39, 0.29) is 11.7 Å². The molecule has 1 heterocycles. The van der Waals surface area contributed by atoms with Gasteiger partial charge in [0.15, 0.2) is 0 Å². The van der Waals surface area contributed by atoms with Crippen molar-refractivity contribution in [1.82, 2.24) is 10.3 Å². The lowest BCUT2D eigenvalue weighted by Crippen LogP contribution is -2.34. The van der Waals surface area contributed by atoms with E-state index in [1.165, 1.54) is 12.1 Å². The Morgan fingerprint density at radius 1 is 1.04 bits per heavy atom. The van der Waals surface area contributed by atoms with Gasteiger partial charge in [0.1, 0.15) is 11.5 Å². The summed E-state index contributed by atoms with van der Waals surface area (Å²) in [6.45, 7) is 0.696. The zero-order valence-electron chi connectivity index (χ0n) is 15.2. The summed E-state index contributed by atoms with van der Waals surface area (Å²) in [6, 6.07) is 14.5. The molecule has 0 aliphatic heterocycles. The molecule has 1 fully saturated rings. The first-order valence-electron chi connectivity index (χ1n) is 9.51. The predicted octanol–water partition coefficient (Wildman–Crippen LogP) is 4.22. The van der Waals surface area contributed by atoms with Crippen molar-refractivity contribution in [2.75, 3.05) is 6.54 Å². The van der Waals surface area contributed by atoms with Crippen LogP contribution < -0.4 is 11.1 Å². The third-order valence-electron chi connectivity index (χ3n) is 5.49. The van der Waals surface area contributed by atoms with Gasteiger partial charge in [-0.15, -0.1) is 0 Å². The molecule has 0 unspecified atom stereocenters. The maximum absolute atomic E-state index is 13.1. The first-order chi connectivity index (χ1) is 13.1. The topological polar surface area (TPSA) is 70.9 Å². The van der Waals surface area contributed by atoms with Crippen molar-refractivity contribution in [2.24, 2.45) is 11.7 Å². The van der Waals surface area contributed by atoms with Crippen LogP contribution in [0.5, 0.6) is 0 Å². The minimum Gasteiger partial charge on any atom is -0.351 e. The van der Waals surface area contributed by atoms with Gasteiger partial charge in [-0.2, -0.15) is 0 Å². The van der Waals surface area contributed by atoms with Gasteiger partial charge in [0.05, 0.1) is 0 Å². The van der Waals surface area contributed by atoms with Crippen LogP contribution in [0.2, 0.25) is 0 Å². The molecule has 3 aromatic rings. The number of rotatable bonds is 4. The Bertz CT molecular complexity index is 940. The Morgan fingerprint density at radius 2 is 1.74 bits per heavy atom. The number of aromatic nitrogens is 1. The number of hydrogen-bond acceptors (Lipinski definition) is 2. The number of aromatic amines is 1. The number of hydrogen-bond donors (Lipinski definition) is 3. The number of carbonyl (C=O) groups excluding carboxylic acids is 1. The number of nitrogens with two attached hydrogens (primary N) is 1. The van der Waals surface area contributed by atoms with E-state index in [0.29, 0.717) is 24.2 Å². The minimum atomic E-state index is -0.251. The van der Waals surface area contributed by atoms with Gasteiger partial charge in [-0.25, -0.2) is 4.39 Å². The van der Waals surface area contributed by atoms with E-state index in [4.69, 9.17) is 5.73 Å². The normalized spacial score (nSPS) is 19.9. The fourth-order valence-corrected chi connectivity index (χ4v) is 3.80. The summed E-state index contributed by atoms with van der Waals surface area (Å²) in [6.07, 6.45) is 4.24. The number of nitrogens with one attached hydrogen (secondary N) is 2. The van der Waals surface area contributed by atoms with E-state index in [9.17, 15) is 9.18 Å². The van der Waals surface area contributed by atoms with Gasteiger partial charge in [0.25, 0.3) is 5.91 Å². The third kappa shape index (κ3) is 4.03. The number of carbonyl (C=O) groups is 1. The van der Waals surface area contributed by atoms with Crippen molar-refractivity contribution in [1.29, 1.82) is 0 Å². The molecule has 27 heavy (non-hydrogen) atoms. The Kier molecular flexibility index (Phi) is 4.94. The van der Waals surface area contributed by atoms with Crippen LogP contribution in [-0.2, 0) is 0 Å². The SMILES string of the molecule is NC1CCC(CNC(=O)c2cc3ccc(-c4ccc(F)cc4)cc3[nH]2)CC1. The van der Waals surface area contributed by atoms with Gasteiger partial charge >= 0.3 is 0 Å². The molecule has 1 amide bonds. The van der Waals surface area contributed by atoms with Crippen LogP contribution in [0.1, 0.15) is 36.2 Å². The quantitative estimate of drug-likeness (QED) is 0.648. The van der Waals surface area contributed by atoms with Gasteiger partial charge in [-0.3, -0.25) is 4.79 Å². The molecule has 0 spiro atoms. The van der Waals surface area contributed by atoms with Crippen LogP contribution in [0.3, 0.4) is 0 Å². The maximum Gasteiger partial charge on any atom is 0.267 e. The lowest BCUT2D eigenvalue weighted by Gasteiger charge is -2.25. The summed E-state index contributed by atoms with van der Waals surface area (Å²) in [5, 5.41) is 4.03. The molecule has 0 saturated heterocycles. The second kappa shape index (κ2) is 7.53. The van der Waals surface area contributed by atoms with Crippen molar-refractivity contribution < 1.29 is 9.18 Å². The highest BCUT2D eigenvalue weighted by Gasteiger charge is 2.19. The number of benzene rings is 2. The molecule has 0 radical (unpaired) electrons. The van der Waals surface area contributed by atoms with Crippen molar-refractivity contribution >= 4 is 16.8 Å². The first-order valence-corrected chi connectivity index (χ1v) is 9.51. The van der Waals surface area contributed by atoms with Crippen molar-refractivity contribution in [3.8, 4) is 11.1 Å². The highest BCUT2D eigenvalue weighted by atomic mass is 19.1. The molecule has 1 aliphatic rings. The van der Waals surface area contributed by atoms with E-state index in [0.717, 1.165) is 47.7 Å². The van der Waals surface area contributed by atoms with Crippen LogP contribution in [0.25, 0.3) is 22.0 Å². The maximum atomic E-state index is 13.1. The Morgan fingerprint density at radius 3 is 2.48 bits per heavy atom. The number of H-pyrrole nitrogens is 1. The largest absolute Gasteiger partial charge is 0.351 e. The van der Waals surface area contributed by atoms with Crippen molar-refractivity contribution in [2.45, 2.75) is 31.7 Å². The molecule has 0 bridgehead atoms. The Balaban J connectivity index is 1.46. The highest BCUT2D eigenvalue weighted by molar-refractivity contribution is 5.98. The van der Waals surface area contributed by atoms with E-state index < -0.39 is 0 Å². The van der Waals surface area contributed by atoms with Crippen LogP contribution in [0, 0.1) is 11.7 Å². The van der Waals surface area contributed by atoms with Crippen molar-refractivity contribution in [3.05, 3.63) is 60.0 Å². The van der Waals surface area contributed by atoms with Crippen LogP contribution in [0.15, 0.2) is 48.5 Å². The second-order valence-electron chi connectivity index (χ2n) is 7.48. The van der Waals surface area contributed by atoms with Crippen LogP contribution in [-0.4, -0.2) is 23.5 Å².